The van der Waals surface area contributed by atoms with E-state index in [1.165, 1.54) is 11.8 Å². The maximum absolute atomic E-state index is 12.4. The van der Waals surface area contributed by atoms with Crippen LogP contribution >= 0.6 is 0 Å². The second kappa shape index (κ2) is 8.09. The third-order valence-electron chi connectivity index (χ3n) is 3.20. The molecule has 21 heavy (non-hydrogen) atoms. The van der Waals surface area contributed by atoms with E-state index in [9.17, 15) is 14.4 Å². The highest BCUT2D eigenvalue weighted by atomic mass is 16.2. The molecule has 0 aromatic carbocycles. The van der Waals surface area contributed by atoms with E-state index in [1.807, 2.05) is 13.8 Å². The van der Waals surface area contributed by atoms with Crippen LogP contribution < -0.4 is 16.4 Å². The summed E-state index contributed by atoms with van der Waals surface area (Å²) >= 11 is 0. The number of carbonyl (C=O) groups is 3. The van der Waals surface area contributed by atoms with E-state index in [1.54, 1.807) is 21.0 Å². The summed E-state index contributed by atoms with van der Waals surface area (Å²) in [6.45, 7) is 7.07. The lowest BCUT2D eigenvalue weighted by Gasteiger charge is -2.32. The van der Waals surface area contributed by atoms with Crippen molar-refractivity contribution in [1.29, 1.82) is 0 Å². The molecule has 0 aromatic rings. The average Bonchev–Trinajstić information content (AvgIpc) is 2.41. The molecule has 2 amide bonds. The van der Waals surface area contributed by atoms with Crippen LogP contribution in [0.25, 0.3) is 0 Å². The van der Waals surface area contributed by atoms with E-state index in [0.29, 0.717) is 12.7 Å². The second-order valence-corrected chi connectivity index (χ2v) is 5.98. The topological polar surface area (TPSA) is 105 Å². The van der Waals surface area contributed by atoms with Crippen LogP contribution in [0.3, 0.4) is 0 Å². The molecule has 0 aromatic heterocycles. The van der Waals surface area contributed by atoms with Crippen molar-refractivity contribution >= 4 is 18.1 Å². The van der Waals surface area contributed by atoms with E-state index in [2.05, 4.69) is 10.6 Å². The maximum Gasteiger partial charge on any atom is 0.242 e. The first kappa shape index (κ1) is 19.5. The van der Waals surface area contributed by atoms with Crippen molar-refractivity contribution in [1.82, 2.24) is 15.5 Å². The first-order chi connectivity index (χ1) is 9.55. The van der Waals surface area contributed by atoms with Crippen molar-refractivity contribution in [3.63, 3.8) is 0 Å². The summed E-state index contributed by atoms with van der Waals surface area (Å²) < 4.78 is 0. The minimum atomic E-state index is -1.28. The van der Waals surface area contributed by atoms with Gasteiger partial charge in [-0.3, -0.25) is 19.7 Å². The third-order valence-corrected chi connectivity index (χ3v) is 3.20. The zero-order chi connectivity index (χ0) is 16.8. The van der Waals surface area contributed by atoms with Gasteiger partial charge in [-0.05, 0) is 26.2 Å². The van der Waals surface area contributed by atoms with Gasteiger partial charge in [0.1, 0.15) is 11.7 Å². The summed E-state index contributed by atoms with van der Waals surface area (Å²) in [6.07, 6.45) is 1.10. The molecular weight excluding hydrogens is 272 g/mol. The summed E-state index contributed by atoms with van der Waals surface area (Å²) in [5.41, 5.74) is 4.39. The fraction of sp³-hybridized carbons (Fsp3) is 0.786. The molecule has 0 fully saturated rings. The SMILES string of the molecule is CNC(=O)C(CC(C)C)N(C)C(=O)C(C)NC(C)(N)C=O. The maximum atomic E-state index is 12.4. The summed E-state index contributed by atoms with van der Waals surface area (Å²) in [6, 6.07) is -1.22. The number of aldehydes is 1. The molecule has 0 bridgehead atoms. The molecule has 0 aliphatic carbocycles. The standard InChI is InChI=1S/C14H28N4O3/c1-9(2)7-11(12(20)16-5)18(6)13(21)10(3)17-14(4,15)8-19/h8-11,17H,7,15H2,1-6H3,(H,16,20). The lowest BCUT2D eigenvalue weighted by Crippen LogP contribution is -2.61. The van der Waals surface area contributed by atoms with Gasteiger partial charge in [-0.15, -0.1) is 0 Å². The van der Waals surface area contributed by atoms with Crippen molar-refractivity contribution < 1.29 is 14.4 Å². The fourth-order valence-electron chi connectivity index (χ4n) is 2.08. The van der Waals surface area contributed by atoms with Crippen LogP contribution in [-0.2, 0) is 14.4 Å². The van der Waals surface area contributed by atoms with E-state index >= 15 is 0 Å². The Hall–Kier alpha value is -1.47. The lowest BCUT2D eigenvalue weighted by molar-refractivity contribution is -0.141. The number of carbonyl (C=O) groups excluding carboxylic acids is 3. The minimum Gasteiger partial charge on any atom is -0.357 e. The van der Waals surface area contributed by atoms with Crippen LogP contribution in [0.2, 0.25) is 0 Å². The molecule has 0 saturated heterocycles. The lowest BCUT2D eigenvalue weighted by atomic mass is 10.0. The smallest absolute Gasteiger partial charge is 0.242 e. The number of nitrogens with zero attached hydrogens (tertiary/aromatic N) is 1. The van der Waals surface area contributed by atoms with Crippen LogP contribution in [0.5, 0.6) is 0 Å². The van der Waals surface area contributed by atoms with E-state index in [4.69, 9.17) is 5.73 Å². The minimum absolute atomic E-state index is 0.211. The highest BCUT2D eigenvalue weighted by Crippen LogP contribution is 2.12. The van der Waals surface area contributed by atoms with Crippen molar-refractivity contribution in [2.24, 2.45) is 11.7 Å². The van der Waals surface area contributed by atoms with Crippen LogP contribution in [0.4, 0.5) is 0 Å². The van der Waals surface area contributed by atoms with Gasteiger partial charge >= 0.3 is 0 Å². The normalized spacial score (nSPS) is 16.8. The molecule has 0 rings (SSSR count). The van der Waals surface area contributed by atoms with Gasteiger partial charge in [0.15, 0.2) is 6.29 Å². The van der Waals surface area contributed by atoms with Gasteiger partial charge in [-0.2, -0.15) is 0 Å². The predicted octanol–water partition coefficient (Wildman–Crippen LogP) is -0.543. The first-order valence-electron chi connectivity index (χ1n) is 7.06. The molecule has 0 spiro atoms. The predicted molar refractivity (Wildman–Crippen MR) is 81.3 cm³/mol. The van der Waals surface area contributed by atoms with Crippen LogP contribution in [0.1, 0.15) is 34.1 Å². The van der Waals surface area contributed by atoms with E-state index < -0.39 is 17.7 Å². The van der Waals surface area contributed by atoms with Crippen molar-refractivity contribution in [3.05, 3.63) is 0 Å². The van der Waals surface area contributed by atoms with Gasteiger partial charge < -0.3 is 16.0 Å². The summed E-state index contributed by atoms with van der Waals surface area (Å²) in [5.74, 6) is -0.235. The Labute approximate surface area is 126 Å². The Morgan fingerprint density at radius 3 is 2.24 bits per heavy atom. The van der Waals surface area contributed by atoms with Gasteiger partial charge in [0.25, 0.3) is 0 Å². The van der Waals surface area contributed by atoms with E-state index in [0.717, 1.165) is 0 Å². The number of rotatable bonds is 8. The molecule has 0 radical (unpaired) electrons. The van der Waals surface area contributed by atoms with Crippen molar-refractivity contribution in [2.45, 2.75) is 51.9 Å². The van der Waals surface area contributed by atoms with Crippen LogP contribution in [0, 0.1) is 5.92 Å². The number of nitrogens with two attached hydrogens (primary N) is 1. The van der Waals surface area contributed by atoms with Gasteiger partial charge in [-0.1, -0.05) is 13.8 Å². The largest absolute Gasteiger partial charge is 0.357 e. The molecule has 0 saturated carbocycles. The van der Waals surface area contributed by atoms with Gasteiger partial charge in [0, 0.05) is 14.1 Å². The molecule has 7 heteroatoms. The highest BCUT2D eigenvalue weighted by Gasteiger charge is 2.31. The average molecular weight is 300 g/mol. The molecule has 3 atom stereocenters. The fourth-order valence-corrected chi connectivity index (χ4v) is 2.08. The number of amides is 2. The van der Waals surface area contributed by atoms with Crippen LogP contribution in [-0.4, -0.2) is 54.8 Å². The Morgan fingerprint density at radius 1 is 1.33 bits per heavy atom. The van der Waals surface area contributed by atoms with Gasteiger partial charge in [-0.25, -0.2) is 0 Å². The first-order valence-corrected chi connectivity index (χ1v) is 7.06. The number of likely N-dealkylation sites (N-methyl/N-ethyl adjacent to an activating group) is 2. The Kier molecular flexibility index (Phi) is 7.52. The summed E-state index contributed by atoms with van der Waals surface area (Å²) in [4.78, 5) is 36.6. The zero-order valence-corrected chi connectivity index (χ0v) is 13.8. The number of hydrogen-bond acceptors (Lipinski definition) is 5. The van der Waals surface area contributed by atoms with E-state index in [-0.39, 0.29) is 17.7 Å². The second-order valence-electron chi connectivity index (χ2n) is 5.98. The van der Waals surface area contributed by atoms with Gasteiger partial charge in [0.05, 0.1) is 6.04 Å². The molecule has 0 heterocycles. The Balaban J connectivity index is 4.99. The summed E-state index contributed by atoms with van der Waals surface area (Å²) in [7, 11) is 3.12. The molecule has 0 aliphatic heterocycles. The molecule has 122 valence electrons. The monoisotopic (exact) mass is 300 g/mol. The molecule has 7 nitrogen and oxygen atoms in total. The summed E-state index contributed by atoms with van der Waals surface area (Å²) in [5, 5.41) is 5.31. The molecular formula is C14H28N4O3. The van der Waals surface area contributed by atoms with Crippen molar-refractivity contribution in [3.8, 4) is 0 Å². The van der Waals surface area contributed by atoms with Gasteiger partial charge in [0.2, 0.25) is 11.8 Å². The zero-order valence-electron chi connectivity index (χ0n) is 13.8. The highest BCUT2D eigenvalue weighted by molar-refractivity contribution is 5.89. The molecule has 4 N–H and O–H groups in total. The van der Waals surface area contributed by atoms with Crippen LogP contribution in [0.15, 0.2) is 0 Å². The third kappa shape index (κ3) is 6.22. The van der Waals surface area contributed by atoms with Crippen molar-refractivity contribution in [2.75, 3.05) is 14.1 Å². The number of hydrogen-bond donors (Lipinski definition) is 3. The Morgan fingerprint density at radius 2 is 1.86 bits per heavy atom. The molecule has 0 aliphatic rings. The number of nitrogens with one attached hydrogen (secondary N) is 2. The molecule has 3 unspecified atom stereocenters. The Bertz CT molecular complexity index is 382. The quantitative estimate of drug-likeness (QED) is 0.412.